The van der Waals surface area contributed by atoms with Crippen LogP contribution in [0.1, 0.15) is 22.9 Å². The summed E-state index contributed by atoms with van der Waals surface area (Å²) >= 11 is 0. The van der Waals surface area contributed by atoms with Crippen LogP contribution in [0, 0.1) is 0 Å². The molecule has 4 aliphatic heterocycles. The third-order valence-corrected chi connectivity index (χ3v) is 8.58. The predicted molar refractivity (Wildman–Crippen MR) is 131 cm³/mol. The summed E-state index contributed by atoms with van der Waals surface area (Å²) in [6, 6.07) is 30.2. The summed E-state index contributed by atoms with van der Waals surface area (Å²) in [7, 11) is 2.15. The van der Waals surface area contributed by atoms with E-state index in [9.17, 15) is 5.11 Å². The quantitative estimate of drug-likeness (QED) is 0.527. The molecule has 4 saturated heterocycles. The maximum atomic E-state index is 12.1. The second-order valence-corrected chi connectivity index (χ2v) is 10.3. The first kappa shape index (κ1) is 19.5. The summed E-state index contributed by atoms with van der Waals surface area (Å²) in [6.45, 7) is 3.49. The minimum Gasteiger partial charge on any atom is -0.391 e. The van der Waals surface area contributed by atoms with Crippen LogP contribution in [0.2, 0.25) is 0 Å². The van der Waals surface area contributed by atoms with Crippen LogP contribution in [0.15, 0.2) is 91.1 Å². The highest BCUT2D eigenvalue weighted by Gasteiger charge is 2.66. The molecule has 33 heavy (non-hydrogen) atoms. The van der Waals surface area contributed by atoms with Crippen molar-refractivity contribution in [2.24, 2.45) is 7.05 Å². The van der Waals surface area contributed by atoms with Gasteiger partial charge in [0.1, 0.15) is 0 Å². The number of aliphatic hydroxyl groups excluding tert-OH is 1. The average Bonchev–Trinajstić information content (AvgIpc) is 3.19. The molecule has 4 bridgehead atoms. The van der Waals surface area contributed by atoms with Gasteiger partial charge in [0.25, 0.3) is 0 Å². The first-order valence-corrected chi connectivity index (χ1v) is 11.9. The largest absolute Gasteiger partial charge is 0.391 e. The Balaban J connectivity index is 1.41. The van der Waals surface area contributed by atoms with E-state index in [1.165, 1.54) is 27.6 Å². The molecule has 4 heteroatoms. The maximum Gasteiger partial charge on any atom is 0.0908 e. The fourth-order valence-corrected chi connectivity index (χ4v) is 7.31. The van der Waals surface area contributed by atoms with E-state index in [0.29, 0.717) is 0 Å². The fraction of sp³-hybridized carbons (Fsp3) is 0.310. The first-order chi connectivity index (χ1) is 16.1. The van der Waals surface area contributed by atoms with Gasteiger partial charge in [-0.05, 0) is 17.2 Å². The lowest BCUT2D eigenvalue weighted by atomic mass is 9.54. The van der Waals surface area contributed by atoms with Crippen molar-refractivity contribution in [3.05, 3.63) is 108 Å². The molecule has 8 rings (SSSR count). The molecule has 4 aliphatic rings. The Hall–Kier alpha value is -2.92. The van der Waals surface area contributed by atoms with Crippen LogP contribution in [0.3, 0.4) is 0 Å². The van der Waals surface area contributed by atoms with Gasteiger partial charge in [-0.2, -0.15) is 0 Å². The molecular weight excluding hydrogens is 406 g/mol. The van der Waals surface area contributed by atoms with E-state index in [4.69, 9.17) is 0 Å². The van der Waals surface area contributed by atoms with Gasteiger partial charge in [0.15, 0.2) is 0 Å². The van der Waals surface area contributed by atoms with Crippen molar-refractivity contribution >= 4 is 10.9 Å². The lowest BCUT2D eigenvalue weighted by Gasteiger charge is -2.69. The van der Waals surface area contributed by atoms with Crippen molar-refractivity contribution in [1.82, 2.24) is 14.4 Å². The van der Waals surface area contributed by atoms with E-state index in [2.05, 4.69) is 113 Å². The van der Waals surface area contributed by atoms with Crippen LogP contribution in [0.4, 0.5) is 0 Å². The number of piperidine rings is 2. The Morgan fingerprint density at radius 2 is 1.18 bits per heavy atom. The highest BCUT2D eigenvalue weighted by atomic mass is 16.3. The molecule has 0 saturated carbocycles. The van der Waals surface area contributed by atoms with E-state index in [0.717, 1.165) is 26.2 Å². The Morgan fingerprint density at radius 3 is 1.73 bits per heavy atom. The summed E-state index contributed by atoms with van der Waals surface area (Å²) in [5.74, 6) is 0. The zero-order valence-electron chi connectivity index (χ0n) is 18.9. The van der Waals surface area contributed by atoms with Gasteiger partial charge in [-0.15, -0.1) is 0 Å². The van der Waals surface area contributed by atoms with E-state index in [-0.39, 0.29) is 17.0 Å². The Labute approximate surface area is 194 Å². The normalized spacial score (nSPS) is 34.7. The zero-order valence-corrected chi connectivity index (χ0v) is 18.9. The molecule has 0 aliphatic carbocycles. The van der Waals surface area contributed by atoms with Crippen LogP contribution in [-0.4, -0.2) is 51.8 Å². The van der Waals surface area contributed by atoms with Crippen molar-refractivity contribution < 1.29 is 5.11 Å². The molecule has 4 nitrogen and oxygen atoms in total. The predicted octanol–water partition coefficient (Wildman–Crippen LogP) is 4.06. The van der Waals surface area contributed by atoms with Crippen LogP contribution >= 0.6 is 0 Å². The topological polar surface area (TPSA) is 31.6 Å². The summed E-state index contributed by atoms with van der Waals surface area (Å²) in [6.07, 6.45) is 2.13. The number of hydrogen-bond donors (Lipinski definition) is 1. The summed E-state index contributed by atoms with van der Waals surface area (Å²) < 4.78 is 2.26. The van der Waals surface area contributed by atoms with Gasteiger partial charge in [-0.1, -0.05) is 78.9 Å². The number of nitrogens with zero attached hydrogens (tertiary/aromatic N) is 3. The molecular formula is C29H29N3O. The number of aliphatic hydroxyl groups is 1. The molecule has 0 spiro atoms. The smallest absolute Gasteiger partial charge is 0.0908 e. The van der Waals surface area contributed by atoms with Crippen molar-refractivity contribution in [1.29, 1.82) is 0 Å². The lowest BCUT2D eigenvalue weighted by molar-refractivity contribution is -0.208. The average molecular weight is 436 g/mol. The molecule has 3 aromatic carbocycles. The van der Waals surface area contributed by atoms with Crippen molar-refractivity contribution in [2.75, 3.05) is 26.2 Å². The number of hydrogen-bond acceptors (Lipinski definition) is 3. The van der Waals surface area contributed by atoms with Crippen molar-refractivity contribution in [3.63, 3.8) is 0 Å². The van der Waals surface area contributed by atoms with Crippen LogP contribution in [0.25, 0.3) is 10.9 Å². The number of rotatable bonds is 3. The van der Waals surface area contributed by atoms with Crippen LogP contribution in [0.5, 0.6) is 0 Å². The van der Waals surface area contributed by atoms with E-state index < -0.39 is 6.10 Å². The number of para-hydroxylation sites is 1. The SMILES string of the molecule is Cn1cc(C2N3CC4(c5ccccc5)CN2CC(c2ccccc2)(C3)C4O)c2ccccc21. The van der Waals surface area contributed by atoms with Gasteiger partial charge < -0.3 is 9.67 Å². The van der Waals surface area contributed by atoms with Gasteiger partial charge in [-0.3, -0.25) is 9.80 Å². The molecule has 0 unspecified atom stereocenters. The third kappa shape index (κ3) is 2.52. The molecule has 166 valence electrons. The van der Waals surface area contributed by atoms with Crippen LogP contribution in [-0.2, 0) is 17.9 Å². The maximum absolute atomic E-state index is 12.1. The molecule has 4 aromatic rings. The minimum atomic E-state index is -0.421. The highest BCUT2D eigenvalue weighted by Crippen LogP contribution is 2.56. The third-order valence-electron chi connectivity index (χ3n) is 8.58. The van der Waals surface area contributed by atoms with Gasteiger partial charge in [-0.25, -0.2) is 0 Å². The van der Waals surface area contributed by atoms with Crippen LogP contribution < -0.4 is 0 Å². The fourth-order valence-electron chi connectivity index (χ4n) is 7.31. The van der Waals surface area contributed by atoms with E-state index >= 15 is 0 Å². The second kappa shape index (κ2) is 6.80. The van der Waals surface area contributed by atoms with E-state index in [1.807, 2.05) is 0 Å². The Kier molecular flexibility index (Phi) is 4.02. The highest BCUT2D eigenvalue weighted by molar-refractivity contribution is 5.84. The zero-order chi connectivity index (χ0) is 22.2. The summed E-state index contributed by atoms with van der Waals surface area (Å²) in [5.41, 5.74) is 4.57. The van der Waals surface area contributed by atoms with Gasteiger partial charge in [0, 0.05) is 66.7 Å². The summed E-state index contributed by atoms with van der Waals surface area (Å²) in [5, 5.41) is 13.4. The molecule has 0 atom stereocenters. The van der Waals surface area contributed by atoms with E-state index in [1.54, 1.807) is 0 Å². The van der Waals surface area contributed by atoms with Gasteiger partial charge >= 0.3 is 0 Å². The Bertz CT molecular complexity index is 1250. The molecule has 4 fully saturated rings. The molecule has 1 N–H and O–H groups in total. The molecule has 5 heterocycles. The Morgan fingerprint density at radius 1 is 0.697 bits per heavy atom. The monoisotopic (exact) mass is 435 g/mol. The van der Waals surface area contributed by atoms with Gasteiger partial charge in [0.2, 0.25) is 0 Å². The molecule has 1 aromatic heterocycles. The molecule has 0 radical (unpaired) electrons. The first-order valence-electron chi connectivity index (χ1n) is 11.9. The lowest BCUT2D eigenvalue weighted by Crippen LogP contribution is -2.81. The molecule has 0 amide bonds. The minimum absolute atomic E-state index is 0.234. The number of fused-ring (bicyclic) bond motifs is 1. The van der Waals surface area contributed by atoms with Crippen molar-refractivity contribution in [3.8, 4) is 0 Å². The van der Waals surface area contributed by atoms with Crippen molar-refractivity contribution in [2.45, 2.75) is 23.1 Å². The second-order valence-electron chi connectivity index (χ2n) is 10.3. The summed E-state index contributed by atoms with van der Waals surface area (Å²) in [4.78, 5) is 5.28. The number of benzene rings is 3. The number of aromatic nitrogens is 1. The number of aryl methyl sites for hydroxylation is 1. The van der Waals surface area contributed by atoms with Gasteiger partial charge in [0.05, 0.1) is 12.3 Å². The standard InChI is InChI=1S/C29H29N3O/c1-30-16-24(23-14-8-9-15-25(23)30)26-31-17-28(21-10-4-2-5-11-21)18-32(26)20-29(19-31,27(28)33)22-12-6-3-7-13-22/h2-16,26-27,33H,17-20H2,1H3.